The van der Waals surface area contributed by atoms with Gasteiger partial charge < -0.3 is 9.64 Å². The lowest BCUT2D eigenvalue weighted by Crippen LogP contribution is -2.26. The lowest BCUT2D eigenvalue weighted by molar-refractivity contribution is -0.138. The largest absolute Gasteiger partial charge is 0.468 e. The van der Waals surface area contributed by atoms with Gasteiger partial charge in [0, 0.05) is 12.7 Å². The maximum atomic E-state index is 11.3. The van der Waals surface area contributed by atoms with Crippen LogP contribution in [0.3, 0.4) is 0 Å². The molecular formula is C16H17NO2. The van der Waals surface area contributed by atoms with Crippen molar-refractivity contribution in [2.24, 2.45) is 0 Å². The van der Waals surface area contributed by atoms with Gasteiger partial charge in [0.25, 0.3) is 0 Å². The van der Waals surface area contributed by atoms with Gasteiger partial charge in [0.2, 0.25) is 0 Å². The lowest BCUT2D eigenvalue weighted by Gasteiger charge is -2.18. The third-order valence-corrected chi connectivity index (χ3v) is 2.99. The van der Waals surface area contributed by atoms with Crippen LogP contribution >= 0.6 is 0 Å². The highest BCUT2D eigenvalue weighted by molar-refractivity contribution is 5.76. The Labute approximate surface area is 113 Å². The second-order valence-corrected chi connectivity index (χ2v) is 4.35. The van der Waals surface area contributed by atoms with Crippen molar-refractivity contribution in [2.75, 3.05) is 25.6 Å². The van der Waals surface area contributed by atoms with Gasteiger partial charge in [0.05, 0.1) is 7.11 Å². The molecule has 0 bridgehead atoms. The quantitative estimate of drug-likeness (QED) is 0.787. The fraction of sp³-hybridized carbons (Fsp3) is 0.188. The van der Waals surface area contributed by atoms with Gasteiger partial charge in [-0.25, -0.2) is 0 Å². The molecule has 2 aromatic rings. The molecule has 0 aliphatic carbocycles. The molecule has 0 heterocycles. The Morgan fingerprint density at radius 3 is 2.42 bits per heavy atom. The average Bonchev–Trinajstić information content (AvgIpc) is 2.48. The topological polar surface area (TPSA) is 29.5 Å². The Balaban J connectivity index is 2.22. The van der Waals surface area contributed by atoms with Crippen molar-refractivity contribution < 1.29 is 9.53 Å². The number of carbonyl (C=O) groups excluding carboxylic acids is 1. The van der Waals surface area contributed by atoms with Gasteiger partial charge in [-0.3, -0.25) is 4.79 Å². The number of benzene rings is 2. The molecule has 0 fully saturated rings. The predicted molar refractivity (Wildman–Crippen MR) is 77.2 cm³/mol. The molecule has 98 valence electrons. The monoisotopic (exact) mass is 255 g/mol. The Kier molecular flexibility index (Phi) is 4.18. The summed E-state index contributed by atoms with van der Waals surface area (Å²) in [6, 6.07) is 18.3. The van der Waals surface area contributed by atoms with E-state index in [0.29, 0.717) is 0 Å². The number of esters is 1. The van der Waals surface area contributed by atoms with Crippen molar-refractivity contribution in [2.45, 2.75) is 0 Å². The van der Waals surface area contributed by atoms with E-state index in [2.05, 4.69) is 29.0 Å². The van der Waals surface area contributed by atoms with Gasteiger partial charge >= 0.3 is 5.97 Å². The van der Waals surface area contributed by atoms with Crippen LogP contribution in [0.2, 0.25) is 0 Å². The van der Waals surface area contributed by atoms with Gasteiger partial charge in [-0.15, -0.1) is 0 Å². The summed E-state index contributed by atoms with van der Waals surface area (Å²) in [5.41, 5.74) is 3.29. The number of ether oxygens (including phenoxy) is 1. The number of anilines is 1. The van der Waals surface area contributed by atoms with Crippen LogP contribution in [0.15, 0.2) is 54.6 Å². The first kappa shape index (κ1) is 13.1. The Hall–Kier alpha value is -2.29. The molecule has 2 aromatic carbocycles. The van der Waals surface area contributed by atoms with Crippen LogP contribution in [0.5, 0.6) is 0 Å². The maximum absolute atomic E-state index is 11.3. The number of rotatable bonds is 4. The average molecular weight is 255 g/mol. The van der Waals surface area contributed by atoms with Crippen LogP contribution in [0.4, 0.5) is 5.69 Å². The van der Waals surface area contributed by atoms with Crippen molar-refractivity contribution >= 4 is 11.7 Å². The van der Waals surface area contributed by atoms with E-state index in [0.717, 1.165) is 16.8 Å². The highest BCUT2D eigenvalue weighted by atomic mass is 16.5. The van der Waals surface area contributed by atoms with E-state index < -0.39 is 0 Å². The minimum absolute atomic E-state index is 0.243. The van der Waals surface area contributed by atoms with Crippen LogP contribution in [-0.4, -0.2) is 26.7 Å². The highest BCUT2D eigenvalue weighted by Crippen LogP contribution is 2.23. The Bertz CT molecular complexity index is 552. The molecular weight excluding hydrogens is 238 g/mol. The number of methoxy groups -OCH3 is 1. The molecule has 0 N–H and O–H groups in total. The number of likely N-dealkylation sites (N-methyl/N-ethyl adjacent to an activating group) is 1. The molecule has 0 atom stereocenters. The molecule has 3 heteroatoms. The molecule has 0 spiro atoms. The maximum Gasteiger partial charge on any atom is 0.325 e. The zero-order valence-electron chi connectivity index (χ0n) is 11.2. The zero-order valence-corrected chi connectivity index (χ0v) is 11.2. The molecule has 0 aromatic heterocycles. The van der Waals surface area contributed by atoms with Gasteiger partial charge in [-0.1, -0.05) is 42.5 Å². The van der Waals surface area contributed by atoms with Gasteiger partial charge in [-0.05, 0) is 23.3 Å². The number of nitrogens with zero attached hydrogens (tertiary/aromatic N) is 1. The number of hydrogen-bond acceptors (Lipinski definition) is 3. The van der Waals surface area contributed by atoms with Gasteiger partial charge in [0.1, 0.15) is 6.54 Å². The summed E-state index contributed by atoms with van der Waals surface area (Å²) in [7, 11) is 3.28. The summed E-state index contributed by atoms with van der Waals surface area (Å²) in [5.74, 6) is -0.243. The second-order valence-electron chi connectivity index (χ2n) is 4.35. The summed E-state index contributed by atoms with van der Waals surface area (Å²) in [6.07, 6.45) is 0. The van der Waals surface area contributed by atoms with E-state index in [4.69, 9.17) is 0 Å². The van der Waals surface area contributed by atoms with Gasteiger partial charge in [-0.2, -0.15) is 0 Å². The van der Waals surface area contributed by atoms with Crippen molar-refractivity contribution in [1.29, 1.82) is 0 Å². The Morgan fingerprint density at radius 1 is 1.05 bits per heavy atom. The second kappa shape index (κ2) is 6.05. The van der Waals surface area contributed by atoms with E-state index in [1.165, 1.54) is 7.11 Å². The molecule has 3 nitrogen and oxygen atoms in total. The van der Waals surface area contributed by atoms with Crippen LogP contribution in [0, 0.1) is 0 Å². The number of carbonyl (C=O) groups is 1. The van der Waals surface area contributed by atoms with Crippen LogP contribution in [0.1, 0.15) is 0 Å². The molecule has 2 rings (SSSR count). The predicted octanol–water partition coefficient (Wildman–Crippen LogP) is 2.96. The summed E-state index contributed by atoms with van der Waals surface area (Å²) in [6.45, 7) is 0.245. The van der Waals surface area contributed by atoms with E-state index in [-0.39, 0.29) is 12.5 Å². The first-order chi connectivity index (χ1) is 9.20. The van der Waals surface area contributed by atoms with E-state index >= 15 is 0 Å². The molecule has 0 amide bonds. The third-order valence-electron chi connectivity index (χ3n) is 2.99. The molecule has 0 aliphatic heterocycles. The van der Waals surface area contributed by atoms with Crippen molar-refractivity contribution in [3.63, 3.8) is 0 Å². The minimum atomic E-state index is -0.243. The third kappa shape index (κ3) is 3.35. The summed E-state index contributed by atoms with van der Waals surface area (Å²) in [4.78, 5) is 13.2. The standard InChI is InChI=1S/C16H17NO2/c1-17(12-16(18)19-2)15-10-6-9-14(11-15)13-7-4-3-5-8-13/h3-11H,12H2,1-2H3. The zero-order chi connectivity index (χ0) is 13.7. The minimum Gasteiger partial charge on any atom is -0.468 e. The Morgan fingerprint density at radius 2 is 1.74 bits per heavy atom. The van der Waals surface area contributed by atoms with Gasteiger partial charge in [0.15, 0.2) is 0 Å². The molecule has 0 unspecified atom stereocenters. The van der Waals surface area contributed by atoms with Crippen LogP contribution < -0.4 is 4.90 Å². The fourth-order valence-electron chi connectivity index (χ4n) is 1.90. The summed E-state index contributed by atoms with van der Waals surface area (Å²) in [5, 5.41) is 0. The van der Waals surface area contributed by atoms with Crippen molar-refractivity contribution in [1.82, 2.24) is 0 Å². The SMILES string of the molecule is COC(=O)CN(C)c1cccc(-c2ccccc2)c1. The first-order valence-electron chi connectivity index (χ1n) is 6.14. The van der Waals surface area contributed by atoms with E-state index in [1.54, 1.807) is 0 Å². The smallest absolute Gasteiger partial charge is 0.325 e. The number of hydrogen-bond donors (Lipinski definition) is 0. The van der Waals surface area contributed by atoms with Crippen molar-refractivity contribution in [3.8, 4) is 11.1 Å². The molecule has 0 aliphatic rings. The normalized spacial score (nSPS) is 10.0. The molecule has 0 radical (unpaired) electrons. The first-order valence-corrected chi connectivity index (χ1v) is 6.14. The molecule has 0 saturated heterocycles. The summed E-state index contributed by atoms with van der Waals surface area (Å²) >= 11 is 0. The lowest BCUT2D eigenvalue weighted by atomic mass is 10.1. The van der Waals surface area contributed by atoms with Crippen LogP contribution in [0.25, 0.3) is 11.1 Å². The summed E-state index contributed by atoms with van der Waals surface area (Å²) < 4.78 is 4.68. The van der Waals surface area contributed by atoms with E-state index in [1.807, 2.05) is 42.3 Å². The van der Waals surface area contributed by atoms with E-state index in [9.17, 15) is 4.79 Å². The molecule has 19 heavy (non-hydrogen) atoms. The fourth-order valence-corrected chi connectivity index (χ4v) is 1.90. The highest BCUT2D eigenvalue weighted by Gasteiger charge is 2.08. The van der Waals surface area contributed by atoms with Crippen LogP contribution in [-0.2, 0) is 9.53 Å². The molecule has 0 saturated carbocycles. The van der Waals surface area contributed by atoms with Crippen molar-refractivity contribution in [3.05, 3.63) is 54.6 Å².